The fourth-order valence-corrected chi connectivity index (χ4v) is 5.18. The lowest BCUT2D eigenvalue weighted by atomic mass is 10.1. The van der Waals surface area contributed by atoms with E-state index >= 15 is 0 Å². The van der Waals surface area contributed by atoms with E-state index in [9.17, 15) is 20.1 Å². The van der Waals surface area contributed by atoms with Gasteiger partial charge in [-0.3, -0.25) is 4.79 Å². The Morgan fingerprint density at radius 3 is 2.73 bits per heavy atom. The van der Waals surface area contributed by atoms with Crippen molar-refractivity contribution in [3.63, 3.8) is 0 Å². The van der Waals surface area contributed by atoms with E-state index in [2.05, 4.69) is 20.6 Å². The van der Waals surface area contributed by atoms with Gasteiger partial charge in [-0.15, -0.1) is 0 Å². The number of fused-ring (bicyclic) bond motifs is 1. The van der Waals surface area contributed by atoms with Crippen LogP contribution in [0.1, 0.15) is 18.4 Å². The molecular weight excluding hydrogens is 424 g/mol. The van der Waals surface area contributed by atoms with Crippen LogP contribution in [0.3, 0.4) is 0 Å². The molecule has 3 heterocycles. The average molecular weight is 455 g/mol. The number of likely N-dealkylation sites (tertiary alicyclic amines) is 1. The molecule has 0 unspecified atom stereocenters. The Hall–Kier alpha value is -2.95. The summed E-state index contributed by atoms with van der Waals surface area (Å²) in [4.78, 5) is 25.1. The van der Waals surface area contributed by atoms with E-state index in [0.29, 0.717) is 50.8 Å². The van der Waals surface area contributed by atoms with Gasteiger partial charge >= 0.3 is 0 Å². The topological polar surface area (TPSA) is 134 Å². The largest absolute Gasteiger partial charge is 0.396 e. The van der Waals surface area contributed by atoms with E-state index in [1.54, 1.807) is 0 Å². The van der Waals surface area contributed by atoms with Crippen molar-refractivity contribution in [2.45, 2.75) is 37.6 Å². The second kappa shape index (κ2) is 9.12. The smallest absolute Gasteiger partial charge is 0.223 e. The van der Waals surface area contributed by atoms with Crippen molar-refractivity contribution in [2.24, 2.45) is 11.8 Å². The molecule has 10 nitrogen and oxygen atoms in total. The lowest BCUT2D eigenvalue weighted by molar-refractivity contribution is -0.128. The molecule has 176 valence electrons. The SMILES string of the molecule is O=C1C[C@H](CNc2ncnc3c2NCN3[C@@H]2C[C@H](CO)[C@@H](O)[C@H]2O)CN1Cc1ccccc1. The summed E-state index contributed by atoms with van der Waals surface area (Å²) in [5, 5.41) is 36.8. The lowest BCUT2D eigenvalue weighted by Crippen LogP contribution is -2.43. The molecule has 5 atom stereocenters. The maximum Gasteiger partial charge on any atom is 0.223 e. The summed E-state index contributed by atoms with van der Waals surface area (Å²) in [7, 11) is 0. The second-order valence-corrected chi connectivity index (χ2v) is 9.16. The number of hydrogen-bond donors (Lipinski definition) is 5. The second-order valence-electron chi connectivity index (χ2n) is 9.16. The summed E-state index contributed by atoms with van der Waals surface area (Å²) < 4.78 is 0. The van der Waals surface area contributed by atoms with E-state index in [0.717, 1.165) is 11.3 Å². The van der Waals surface area contributed by atoms with E-state index < -0.39 is 12.2 Å². The highest BCUT2D eigenvalue weighted by Gasteiger charge is 2.46. The third-order valence-electron chi connectivity index (χ3n) is 7.00. The molecule has 1 aromatic heterocycles. The van der Waals surface area contributed by atoms with Crippen molar-refractivity contribution >= 4 is 23.2 Å². The van der Waals surface area contributed by atoms with E-state index in [1.807, 2.05) is 40.1 Å². The van der Waals surface area contributed by atoms with Gasteiger partial charge < -0.3 is 35.8 Å². The van der Waals surface area contributed by atoms with Gasteiger partial charge in [0.1, 0.15) is 18.1 Å². The fourth-order valence-electron chi connectivity index (χ4n) is 5.18. The number of anilines is 3. The van der Waals surface area contributed by atoms with Crippen molar-refractivity contribution in [1.82, 2.24) is 14.9 Å². The first-order valence-electron chi connectivity index (χ1n) is 11.4. The first-order chi connectivity index (χ1) is 16.0. The van der Waals surface area contributed by atoms with Gasteiger partial charge in [-0.1, -0.05) is 30.3 Å². The number of aromatic nitrogens is 2. The predicted molar refractivity (Wildman–Crippen MR) is 122 cm³/mol. The zero-order valence-electron chi connectivity index (χ0n) is 18.3. The maximum absolute atomic E-state index is 12.5. The summed E-state index contributed by atoms with van der Waals surface area (Å²) in [5.41, 5.74) is 1.87. The molecule has 3 aliphatic rings. The summed E-state index contributed by atoms with van der Waals surface area (Å²) in [6, 6.07) is 9.66. The van der Waals surface area contributed by atoms with Crippen LogP contribution in [-0.4, -0.2) is 80.7 Å². The number of aliphatic hydroxyl groups excluding tert-OH is 3. The van der Waals surface area contributed by atoms with Crippen LogP contribution < -0.4 is 15.5 Å². The number of aliphatic hydroxyl groups is 3. The summed E-state index contributed by atoms with van der Waals surface area (Å²) >= 11 is 0. The van der Waals surface area contributed by atoms with Crippen LogP contribution in [0, 0.1) is 11.8 Å². The van der Waals surface area contributed by atoms with Crippen molar-refractivity contribution in [3.8, 4) is 0 Å². The van der Waals surface area contributed by atoms with Crippen LogP contribution in [0.25, 0.3) is 0 Å². The number of hydrogen-bond acceptors (Lipinski definition) is 9. The molecule has 0 bridgehead atoms. The molecule has 33 heavy (non-hydrogen) atoms. The molecule has 1 aromatic carbocycles. The molecule has 5 N–H and O–H groups in total. The molecule has 1 saturated carbocycles. The Morgan fingerprint density at radius 2 is 1.97 bits per heavy atom. The van der Waals surface area contributed by atoms with Gasteiger partial charge in [0.15, 0.2) is 11.6 Å². The van der Waals surface area contributed by atoms with E-state index in [1.165, 1.54) is 6.33 Å². The van der Waals surface area contributed by atoms with Crippen LogP contribution >= 0.6 is 0 Å². The molecular formula is C23H30N6O4. The molecule has 2 aliphatic heterocycles. The molecule has 1 saturated heterocycles. The maximum atomic E-state index is 12.5. The fraction of sp³-hybridized carbons (Fsp3) is 0.522. The van der Waals surface area contributed by atoms with Crippen molar-refractivity contribution < 1.29 is 20.1 Å². The van der Waals surface area contributed by atoms with E-state index in [4.69, 9.17) is 0 Å². The van der Waals surface area contributed by atoms with Crippen molar-refractivity contribution in [1.29, 1.82) is 0 Å². The summed E-state index contributed by atoms with van der Waals surface area (Å²) in [5.74, 6) is 1.31. The zero-order valence-corrected chi connectivity index (χ0v) is 18.3. The zero-order chi connectivity index (χ0) is 22.9. The van der Waals surface area contributed by atoms with Gasteiger partial charge in [0.25, 0.3) is 0 Å². The lowest BCUT2D eigenvalue weighted by Gasteiger charge is -2.27. The Morgan fingerprint density at radius 1 is 1.15 bits per heavy atom. The van der Waals surface area contributed by atoms with Crippen LogP contribution in [0.15, 0.2) is 36.7 Å². The van der Waals surface area contributed by atoms with Gasteiger partial charge in [0.05, 0.1) is 18.8 Å². The molecule has 1 aliphatic carbocycles. The summed E-state index contributed by atoms with van der Waals surface area (Å²) in [6.45, 7) is 2.20. The number of nitrogens with one attached hydrogen (secondary N) is 2. The normalized spacial score (nSPS) is 28.8. The predicted octanol–water partition coefficient (Wildman–Crippen LogP) is 0.229. The van der Waals surface area contributed by atoms with Gasteiger partial charge in [0.2, 0.25) is 5.91 Å². The van der Waals surface area contributed by atoms with Gasteiger partial charge in [-0.05, 0) is 12.0 Å². The Balaban J connectivity index is 1.22. The number of nitrogens with zero attached hydrogens (tertiary/aromatic N) is 4. The first-order valence-corrected chi connectivity index (χ1v) is 11.4. The van der Waals surface area contributed by atoms with Crippen molar-refractivity contribution in [3.05, 3.63) is 42.2 Å². The monoisotopic (exact) mass is 454 g/mol. The minimum atomic E-state index is -0.957. The molecule has 2 aromatic rings. The number of benzene rings is 1. The molecule has 0 radical (unpaired) electrons. The van der Waals surface area contributed by atoms with Crippen molar-refractivity contribution in [2.75, 3.05) is 41.9 Å². The number of carbonyl (C=O) groups is 1. The molecule has 2 fully saturated rings. The van der Waals surface area contributed by atoms with Crippen LogP contribution in [0.5, 0.6) is 0 Å². The Bertz CT molecular complexity index is 992. The minimum absolute atomic E-state index is 0.162. The highest BCUT2D eigenvalue weighted by atomic mass is 16.3. The molecule has 10 heteroatoms. The number of carbonyl (C=O) groups excluding carboxylic acids is 1. The summed E-state index contributed by atoms with van der Waals surface area (Å²) in [6.07, 6.45) is 0.544. The first kappa shape index (κ1) is 21.9. The highest BCUT2D eigenvalue weighted by Crippen LogP contribution is 2.40. The standard InChI is InChI=1S/C23H30N6O4/c30-11-16-7-17(21(33)20(16)32)29-13-27-19-22(25-12-26-23(19)29)24-8-15-6-18(31)28(10-15)9-14-4-2-1-3-5-14/h1-5,12,15-17,20-21,27,30,32-33H,6-11,13H2,(H,24,25,26)/t15-,16-,17-,20-,21+/m1/s1. The number of rotatable bonds is 7. The third-order valence-corrected chi connectivity index (χ3v) is 7.00. The van der Waals surface area contributed by atoms with Crippen LogP contribution in [0.2, 0.25) is 0 Å². The van der Waals surface area contributed by atoms with E-state index in [-0.39, 0.29) is 30.4 Å². The molecule has 0 spiro atoms. The van der Waals surface area contributed by atoms with Crippen LogP contribution in [-0.2, 0) is 11.3 Å². The molecule has 5 rings (SSSR count). The molecule has 1 amide bonds. The highest BCUT2D eigenvalue weighted by molar-refractivity contribution is 5.82. The third kappa shape index (κ3) is 4.21. The van der Waals surface area contributed by atoms with Gasteiger partial charge in [-0.25, -0.2) is 9.97 Å². The average Bonchev–Trinajstić information content (AvgIpc) is 3.49. The van der Waals surface area contributed by atoms with Crippen LogP contribution in [0.4, 0.5) is 17.3 Å². The number of amides is 1. The van der Waals surface area contributed by atoms with Gasteiger partial charge in [-0.2, -0.15) is 0 Å². The van der Waals surface area contributed by atoms with Gasteiger partial charge in [0, 0.05) is 44.5 Å². The minimum Gasteiger partial charge on any atom is -0.396 e. The quantitative estimate of drug-likeness (QED) is 0.398. The Labute approximate surface area is 192 Å². The Kier molecular flexibility index (Phi) is 6.05.